The highest BCUT2D eigenvalue weighted by atomic mass is 16.5. The van der Waals surface area contributed by atoms with E-state index in [1.807, 2.05) is 34.6 Å². The Hall–Kier alpha value is -1.62. The first-order valence-electron chi connectivity index (χ1n) is 12.5. The topological polar surface area (TPSA) is 64.6 Å². The quantitative estimate of drug-likeness (QED) is 0.391. The van der Waals surface area contributed by atoms with Gasteiger partial charge in [0.2, 0.25) is 5.91 Å². The Kier molecular flexibility index (Phi) is 10.5. The summed E-state index contributed by atoms with van der Waals surface area (Å²) in [6.45, 7) is 9.98. The number of esters is 1. The third-order valence-corrected chi connectivity index (χ3v) is 6.15. The summed E-state index contributed by atoms with van der Waals surface area (Å²) in [6.07, 6.45) is 18.5. The molecule has 3 atom stereocenters. The van der Waals surface area contributed by atoms with Crippen molar-refractivity contribution in [2.45, 2.75) is 117 Å². The van der Waals surface area contributed by atoms with Crippen LogP contribution in [0, 0.1) is 11.3 Å². The molecule has 32 heavy (non-hydrogen) atoms. The zero-order chi connectivity index (χ0) is 23.6. The van der Waals surface area contributed by atoms with Crippen LogP contribution in [-0.2, 0) is 19.1 Å². The normalized spacial score (nSPS) is 27.2. The number of carbonyl (C=O) groups is 2. The fourth-order valence-corrected chi connectivity index (χ4v) is 4.53. The molecule has 0 fully saturated rings. The van der Waals surface area contributed by atoms with Gasteiger partial charge in [0.05, 0.1) is 11.5 Å². The Balaban J connectivity index is 1.90. The molecule has 0 saturated heterocycles. The molecule has 0 aromatic heterocycles. The lowest BCUT2D eigenvalue weighted by Gasteiger charge is -2.31. The molecule has 0 saturated carbocycles. The maximum absolute atomic E-state index is 13.0. The molecule has 0 aromatic rings. The van der Waals surface area contributed by atoms with E-state index in [0.717, 1.165) is 64.2 Å². The fraction of sp³-hybridized carbons (Fsp3) is 0.778. The Labute approximate surface area is 195 Å². The number of carbonyl (C=O) groups excluding carboxylic acids is 2. The van der Waals surface area contributed by atoms with Crippen LogP contribution >= 0.6 is 0 Å². The van der Waals surface area contributed by atoms with Gasteiger partial charge in [-0.15, -0.1) is 0 Å². The lowest BCUT2D eigenvalue weighted by atomic mass is 9.79. The summed E-state index contributed by atoms with van der Waals surface area (Å²) in [5.74, 6) is 0.0583. The molecule has 2 aliphatic rings. The van der Waals surface area contributed by atoms with E-state index in [-0.39, 0.29) is 42.1 Å². The zero-order valence-corrected chi connectivity index (χ0v) is 21.0. The third-order valence-electron chi connectivity index (χ3n) is 6.15. The van der Waals surface area contributed by atoms with Crippen LogP contribution in [-0.4, -0.2) is 36.2 Å². The first-order chi connectivity index (χ1) is 15.0. The van der Waals surface area contributed by atoms with Crippen molar-refractivity contribution in [3.8, 4) is 0 Å². The van der Waals surface area contributed by atoms with Gasteiger partial charge in [0, 0.05) is 5.54 Å². The van der Waals surface area contributed by atoms with Crippen molar-refractivity contribution in [2.24, 2.45) is 11.3 Å². The summed E-state index contributed by atoms with van der Waals surface area (Å²) in [4.78, 5) is 25.2. The van der Waals surface area contributed by atoms with E-state index in [1.165, 1.54) is 0 Å². The van der Waals surface area contributed by atoms with E-state index >= 15 is 0 Å². The van der Waals surface area contributed by atoms with Gasteiger partial charge >= 0.3 is 5.97 Å². The molecular formula is C27H45NO4. The Morgan fingerprint density at radius 3 is 2.28 bits per heavy atom. The smallest absolute Gasteiger partial charge is 0.311 e. The van der Waals surface area contributed by atoms with Crippen molar-refractivity contribution >= 4 is 11.9 Å². The number of hydrogen-bond donors (Lipinski definition) is 1. The van der Waals surface area contributed by atoms with E-state index in [1.54, 1.807) is 0 Å². The lowest BCUT2D eigenvalue weighted by Crippen LogP contribution is -2.43. The van der Waals surface area contributed by atoms with Crippen molar-refractivity contribution in [3.63, 3.8) is 0 Å². The molecule has 0 bridgehead atoms. The first-order valence-corrected chi connectivity index (χ1v) is 12.5. The Morgan fingerprint density at radius 1 is 0.906 bits per heavy atom. The molecule has 2 rings (SSSR count). The second-order valence-corrected chi connectivity index (χ2v) is 11.2. The fourth-order valence-electron chi connectivity index (χ4n) is 4.53. The average molecular weight is 448 g/mol. The van der Waals surface area contributed by atoms with Crippen LogP contribution in [0.2, 0.25) is 0 Å². The standard InChI is InChI=1S/C27H45NO4/c1-26(2,3)28-24(29)20-31-23-17-13-9-10-14-21(18-23)19-27(4,5)25(30)32-22-15-11-7-6-8-12-16-22/h6-7,10,14,21-23H,8-9,11-13,15-20H2,1-5H3,(H,28,29)/b7-6+,14-10+. The zero-order valence-electron chi connectivity index (χ0n) is 21.0. The summed E-state index contributed by atoms with van der Waals surface area (Å²) in [5.41, 5.74) is -0.815. The van der Waals surface area contributed by atoms with Crippen molar-refractivity contribution in [3.05, 3.63) is 24.3 Å². The molecule has 5 heteroatoms. The highest BCUT2D eigenvalue weighted by molar-refractivity contribution is 5.78. The Bertz CT molecular complexity index is 659. The van der Waals surface area contributed by atoms with E-state index in [4.69, 9.17) is 9.47 Å². The van der Waals surface area contributed by atoms with Gasteiger partial charge in [-0.25, -0.2) is 0 Å². The molecule has 0 aromatic carbocycles. The molecule has 0 spiro atoms. The van der Waals surface area contributed by atoms with E-state index in [0.29, 0.717) is 0 Å². The molecule has 3 unspecified atom stereocenters. The maximum Gasteiger partial charge on any atom is 0.311 e. The largest absolute Gasteiger partial charge is 0.462 e. The predicted octanol–water partition coefficient (Wildman–Crippen LogP) is 5.88. The average Bonchev–Trinajstić information content (AvgIpc) is 2.63. The minimum Gasteiger partial charge on any atom is -0.462 e. The van der Waals surface area contributed by atoms with Crippen molar-refractivity contribution < 1.29 is 19.1 Å². The summed E-state index contributed by atoms with van der Waals surface area (Å²) in [7, 11) is 0. The molecular weight excluding hydrogens is 402 g/mol. The third kappa shape index (κ3) is 10.3. The molecule has 1 amide bonds. The highest BCUT2D eigenvalue weighted by Crippen LogP contribution is 2.33. The molecule has 182 valence electrons. The molecule has 0 radical (unpaired) electrons. The summed E-state index contributed by atoms with van der Waals surface area (Å²) in [5, 5.41) is 2.95. The minimum absolute atomic E-state index is 0.0250. The highest BCUT2D eigenvalue weighted by Gasteiger charge is 2.34. The van der Waals surface area contributed by atoms with Gasteiger partial charge in [-0.2, -0.15) is 0 Å². The van der Waals surface area contributed by atoms with Gasteiger partial charge in [0.25, 0.3) is 0 Å². The van der Waals surface area contributed by atoms with Crippen LogP contribution < -0.4 is 5.32 Å². The second kappa shape index (κ2) is 12.6. The van der Waals surface area contributed by atoms with Crippen molar-refractivity contribution in [1.82, 2.24) is 5.32 Å². The Morgan fingerprint density at radius 2 is 1.56 bits per heavy atom. The molecule has 0 heterocycles. The lowest BCUT2D eigenvalue weighted by molar-refractivity contribution is -0.161. The number of hydrogen-bond acceptors (Lipinski definition) is 4. The monoisotopic (exact) mass is 447 g/mol. The number of ether oxygens (including phenoxy) is 2. The van der Waals surface area contributed by atoms with Gasteiger partial charge in [-0.1, -0.05) is 24.3 Å². The van der Waals surface area contributed by atoms with Crippen LogP contribution in [0.25, 0.3) is 0 Å². The SMILES string of the molecule is CC(C)(C)NC(=O)COC1CCC/C=C/C(CC(C)(C)C(=O)OC2CC/C=C/CCC2)C1. The molecule has 1 N–H and O–H groups in total. The van der Waals surface area contributed by atoms with Crippen LogP contribution in [0.1, 0.15) is 98.8 Å². The summed E-state index contributed by atoms with van der Waals surface area (Å²) in [6, 6.07) is 0. The van der Waals surface area contributed by atoms with Gasteiger partial charge < -0.3 is 14.8 Å². The van der Waals surface area contributed by atoms with E-state index in [2.05, 4.69) is 29.6 Å². The number of nitrogens with one attached hydrogen (secondary N) is 1. The van der Waals surface area contributed by atoms with Crippen LogP contribution in [0.3, 0.4) is 0 Å². The first kappa shape index (κ1) is 26.6. The van der Waals surface area contributed by atoms with E-state index < -0.39 is 5.41 Å². The summed E-state index contributed by atoms with van der Waals surface area (Å²) < 4.78 is 12.0. The number of allylic oxidation sites excluding steroid dienone is 4. The van der Waals surface area contributed by atoms with Gasteiger partial charge in [-0.05, 0) is 105 Å². The van der Waals surface area contributed by atoms with Crippen molar-refractivity contribution in [1.29, 1.82) is 0 Å². The van der Waals surface area contributed by atoms with Gasteiger partial charge in [-0.3, -0.25) is 9.59 Å². The summed E-state index contributed by atoms with van der Waals surface area (Å²) >= 11 is 0. The van der Waals surface area contributed by atoms with Crippen LogP contribution in [0.15, 0.2) is 24.3 Å². The number of rotatable bonds is 7. The maximum atomic E-state index is 13.0. The molecule has 2 aliphatic carbocycles. The molecule has 5 nitrogen and oxygen atoms in total. The minimum atomic E-state index is -0.555. The predicted molar refractivity (Wildman–Crippen MR) is 129 cm³/mol. The van der Waals surface area contributed by atoms with Crippen LogP contribution in [0.5, 0.6) is 0 Å². The second-order valence-electron chi connectivity index (χ2n) is 11.2. The number of amides is 1. The van der Waals surface area contributed by atoms with Crippen molar-refractivity contribution in [2.75, 3.05) is 6.61 Å². The van der Waals surface area contributed by atoms with Gasteiger partial charge in [0.1, 0.15) is 12.7 Å². The molecule has 0 aliphatic heterocycles. The van der Waals surface area contributed by atoms with Crippen LogP contribution in [0.4, 0.5) is 0 Å². The van der Waals surface area contributed by atoms with E-state index in [9.17, 15) is 9.59 Å². The van der Waals surface area contributed by atoms with Gasteiger partial charge in [0.15, 0.2) is 0 Å².